The van der Waals surface area contributed by atoms with Gasteiger partial charge in [-0.2, -0.15) is 0 Å². The molecular formula is C14H22N2O6S. The second-order valence-corrected chi connectivity index (χ2v) is 7.38. The highest BCUT2D eigenvalue weighted by atomic mass is 32.1. The van der Waals surface area contributed by atoms with Crippen LogP contribution in [0.15, 0.2) is 6.20 Å². The fourth-order valence-electron chi connectivity index (χ4n) is 2.11. The number of ether oxygens (including phenoxy) is 2. The van der Waals surface area contributed by atoms with Gasteiger partial charge in [-0.15, -0.1) is 0 Å². The van der Waals surface area contributed by atoms with Crippen LogP contribution in [0.1, 0.15) is 31.8 Å². The second-order valence-electron chi connectivity index (χ2n) is 6.34. The summed E-state index contributed by atoms with van der Waals surface area (Å²) in [7, 11) is 1.54. The van der Waals surface area contributed by atoms with E-state index in [4.69, 9.17) is 14.6 Å². The van der Waals surface area contributed by atoms with Gasteiger partial charge >= 0.3 is 6.09 Å². The number of anilines is 1. The van der Waals surface area contributed by atoms with E-state index < -0.39 is 42.7 Å². The third-order valence-electron chi connectivity index (χ3n) is 3.29. The third kappa shape index (κ3) is 3.99. The Bertz CT molecular complexity index is 558. The largest absolute Gasteiger partial charge is 0.443 e. The highest BCUT2D eigenvalue weighted by molar-refractivity contribution is 7.15. The number of carbonyl (C=O) groups excluding carboxylic acids is 1. The van der Waals surface area contributed by atoms with E-state index in [0.717, 1.165) is 11.3 Å². The van der Waals surface area contributed by atoms with E-state index in [1.54, 1.807) is 20.8 Å². The zero-order valence-corrected chi connectivity index (χ0v) is 14.3. The van der Waals surface area contributed by atoms with Crippen LogP contribution in [0.3, 0.4) is 0 Å². The molecular weight excluding hydrogens is 324 g/mol. The van der Waals surface area contributed by atoms with Crippen LogP contribution in [0.4, 0.5) is 9.93 Å². The fourth-order valence-corrected chi connectivity index (χ4v) is 3.05. The summed E-state index contributed by atoms with van der Waals surface area (Å²) in [4.78, 5) is 18.0. The molecule has 23 heavy (non-hydrogen) atoms. The van der Waals surface area contributed by atoms with Crippen LogP contribution < -0.4 is 4.90 Å². The first-order chi connectivity index (χ1) is 10.6. The van der Waals surface area contributed by atoms with Crippen molar-refractivity contribution in [3.05, 3.63) is 11.1 Å². The maximum Gasteiger partial charge on any atom is 0.416 e. The van der Waals surface area contributed by atoms with Gasteiger partial charge < -0.3 is 24.8 Å². The monoisotopic (exact) mass is 346 g/mol. The molecule has 1 fully saturated rings. The Labute approximate surface area is 138 Å². The topological polar surface area (TPSA) is 112 Å². The van der Waals surface area contributed by atoms with Crippen LogP contribution in [-0.4, -0.2) is 64.0 Å². The van der Waals surface area contributed by atoms with Crippen molar-refractivity contribution in [2.75, 3.05) is 18.6 Å². The van der Waals surface area contributed by atoms with E-state index >= 15 is 0 Å². The molecule has 2 rings (SSSR count). The van der Waals surface area contributed by atoms with Crippen LogP contribution in [-0.2, 0) is 9.47 Å². The van der Waals surface area contributed by atoms with Gasteiger partial charge in [0.2, 0.25) is 0 Å². The third-order valence-corrected chi connectivity index (χ3v) is 4.42. The molecule has 1 aromatic rings. The quantitative estimate of drug-likeness (QED) is 0.737. The van der Waals surface area contributed by atoms with Crippen molar-refractivity contribution in [3.63, 3.8) is 0 Å². The van der Waals surface area contributed by atoms with Crippen molar-refractivity contribution in [2.24, 2.45) is 0 Å². The fraction of sp³-hybridized carbons (Fsp3) is 0.714. The second kappa shape index (κ2) is 6.70. The molecule has 1 aliphatic rings. The molecule has 1 amide bonds. The number of amides is 1. The summed E-state index contributed by atoms with van der Waals surface area (Å²) in [6, 6.07) is 0. The van der Waals surface area contributed by atoms with Gasteiger partial charge in [-0.05, 0) is 20.8 Å². The number of nitrogens with zero attached hydrogens (tertiary/aromatic N) is 2. The van der Waals surface area contributed by atoms with Crippen molar-refractivity contribution < 1.29 is 29.6 Å². The molecule has 0 aromatic carbocycles. The Hall–Kier alpha value is -1.26. The summed E-state index contributed by atoms with van der Waals surface area (Å²) >= 11 is 1.15. The van der Waals surface area contributed by atoms with Crippen LogP contribution in [0.5, 0.6) is 0 Å². The lowest BCUT2D eigenvalue weighted by Gasteiger charge is -2.23. The highest BCUT2D eigenvalue weighted by Crippen LogP contribution is 2.38. The molecule has 4 atom stereocenters. The van der Waals surface area contributed by atoms with Gasteiger partial charge in [0.25, 0.3) is 0 Å². The van der Waals surface area contributed by atoms with Crippen molar-refractivity contribution in [1.29, 1.82) is 0 Å². The van der Waals surface area contributed by atoms with Gasteiger partial charge in [-0.1, -0.05) is 11.3 Å². The first-order valence-corrected chi connectivity index (χ1v) is 8.00. The minimum absolute atomic E-state index is 0.381. The van der Waals surface area contributed by atoms with Crippen LogP contribution in [0, 0.1) is 0 Å². The Kier molecular flexibility index (Phi) is 5.27. The molecule has 0 unspecified atom stereocenters. The van der Waals surface area contributed by atoms with Crippen LogP contribution >= 0.6 is 11.3 Å². The predicted octanol–water partition coefficient (Wildman–Crippen LogP) is 0.668. The molecule has 0 spiro atoms. The molecule has 0 saturated carbocycles. The molecule has 0 aliphatic carbocycles. The number of aliphatic hydroxyl groups is 3. The summed E-state index contributed by atoms with van der Waals surface area (Å²) in [5.41, 5.74) is -0.616. The van der Waals surface area contributed by atoms with Crippen molar-refractivity contribution in [1.82, 2.24) is 4.98 Å². The lowest BCUT2D eigenvalue weighted by Crippen LogP contribution is -2.34. The van der Waals surface area contributed by atoms with E-state index in [0.29, 0.717) is 10.0 Å². The molecule has 9 heteroatoms. The van der Waals surface area contributed by atoms with Gasteiger partial charge in [0.1, 0.15) is 30.0 Å². The zero-order valence-electron chi connectivity index (χ0n) is 13.5. The minimum atomic E-state index is -1.17. The van der Waals surface area contributed by atoms with Gasteiger partial charge in [0.05, 0.1) is 11.5 Å². The lowest BCUT2D eigenvalue weighted by atomic mass is 10.1. The van der Waals surface area contributed by atoms with Crippen LogP contribution in [0.2, 0.25) is 0 Å². The SMILES string of the molecule is CN(C(=O)OC(C)(C)C)c1ncc([C@H]2O[C@H](CO)[C@@H](O)[C@H]2O)s1. The number of thiazole rings is 1. The van der Waals surface area contributed by atoms with E-state index in [1.165, 1.54) is 18.1 Å². The van der Waals surface area contributed by atoms with Gasteiger partial charge in [-0.25, -0.2) is 9.78 Å². The smallest absolute Gasteiger partial charge is 0.416 e. The molecule has 0 bridgehead atoms. The first kappa shape index (κ1) is 18.1. The Morgan fingerprint density at radius 3 is 2.61 bits per heavy atom. The minimum Gasteiger partial charge on any atom is -0.443 e. The molecule has 3 N–H and O–H groups in total. The van der Waals surface area contributed by atoms with E-state index in [2.05, 4.69) is 4.98 Å². The predicted molar refractivity (Wildman–Crippen MR) is 83.5 cm³/mol. The standard InChI is InChI=1S/C14H22N2O6S/c1-14(2,3)22-13(20)16(4)12-15-5-8(23-12)11-10(19)9(18)7(6-17)21-11/h5,7,9-11,17-19H,6H2,1-4H3/t7-,9-,10-,11-/m1/s1. The Morgan fingerprint density at radius 1 is 1.43 bits per heavy atom. The Balaban J connectivity index is 2.10. The summed E-state index contributed by atoms with van der Waals surface area (Å²) in [5.74, 6) is 0. The number of hydrogen-bond acceptors (Lipinski definition) is 8. The van der Waals surface area contributed by atoms with E-state index in [1.807, 2.05) is 0 Å². The summed E-state index contributed by atoms with van der Waals surface area (Å²) in [6.45, 7) is 4.92. The first-order valence-electron chi connectivity index (χ1n) is 7.19. The molecule has 0 radical (unpaired) electrons. The lowest BCUT2D eigenvalue weighted by molar-refractivity contribution is -0.0218. The summed E-state index contributed by atoms with van der Waals surface area (Å²) in [6.07, 6.45) is -3.03. The number of rotatable bonds is 3. The number of carbonyl (C=O) groups is 1. The maximum atomic E-state index is 12.0. The zero-order chi connectivity index (χ0) is 17.4. The van der Waals surface area contributed by atoms with E-state index in [-0.39, 0.29) is 0 Å². The molecule has 130 valence electrons. The van der Waals surface area contributed by atoms with Crippen LogP contribution in [0.25, 0.3) is 0 Å². The average molecular weight is 346 g/mol. The number of aliphatic hydroxyl groups excluding tert-OH is 3. The van der Waals surface area contributed by atoms with Gasteiger partial charge in [0.15, 0.2) is 5.13 Å². The molecule has 8 nitrogen and oxygen atoms in total. The molecule has 1 aliphatic heterocycles. The van der Waals surface area contributed by atoms with Gasteiger partial charge in [-0.3, -0.25) is 4.90 Å². The number of aromatic nitrogens is 1. The summed E-state index contributed by atoms with van der Waals surface area (Å²) < 4.78 is 10.7. The van der Waals surface area contributed by atoms with Gasteiger partial charge in [0, 0.05) is 13.2 Å². The Morgan fingerprint density at radius 2 is 2.09 bits per heavy atom. The summed E-state index contributed by atoms with van der Waals surface area (Å²) in [5, 5.41) is 29.3. The molecule has 1 aromatic heterocycles. The molecule has 1 saturated heterocycles. The van der Waals surface area contributed by atoms with Crippen molar-refractivity contribution >= 4 is 22.6 Å². The normalized spacial score (nSPS) is 28.0. The number of hydrogen-bond donors (Lipinski definition) is 3. The molecule has 2 heterocycles. The highest BCUT2D eigenvalue weighted by Gasteiger charge is 2.44. The van der Waals surface area contributed by atoms with Crippen molar-refractivity contribution in [2.45, 2.75) is 50.8 Å². The average Bonchev–Trinajstić information content (AvgIpc) is 3.03. The maximum absolute atomic E-state index is 12.0. The van der Waals surface area contributed by atoms with E-state index in [9.17, 15) is 15.0 Å². The van der Waals surface area contributed by atoms with Crippen molar-refractivity contribution in [3.8, 4) is 0 Å².